The van der Waals surface area contributed by atoms with Gasteiger partial charge in [-0.15, -0.1) is 0 Å². The number of para-hydroxylation sites is 1. The lowest BCUT2D eigenvalue weighted by Crippen LogP contribution is -2.44. The van der Waals surface area contributed by atoms with Crippen LogP contribution in [0.4, 0.5) is 5.82 Å². The zero-order chi connectivity index (χ0) is 16.4. The van der Waals surface area contributed by atoms with Crippen molar-refractivity contribution in [3.8, 4) is 11.4 Å². The molecule has 3 aromatic rings. The van der Waals surface area contributed by atoms with Gasteiger partial charge in [-0.05, 0) is 37.1 Å². The van der Waals surface area contributed by atoms with Gasteiger partial charge in [-0.1, -0.05) is 12.1 Å². The second-order valence-corrected chi connectivity index (χ2v) is 5.78. The van der Waals surface area contributed by atoms with Crippen molar-refractivity contribution in [2.45, 2.75) is 18.9 Å². The summed E-state index contributed by atoms with van der Waals surface area (Å²) in [7, 11) is 0. The average molecular weight is 319 g/mol. The van der Waals surface area contributed by atoms with E-state index in [1.807, 2.05) is 36.4 Å². The van der Waals surface area contributed by atoms with Crippen molar-refractivity contribution in [2.24, 2.45) is 0 Å². The number of benzene rings is 1. The second kappa shape index (κ2) is 6.23. The summed E-state index contributed by atoms with van der Waals surface area (Å²) in [4.78, 5) is 25.4. The van der Waals surface area contributed by atoms with Gasteiger partial charge in [0.25, 0.3) is 0 Å². The van der Waals surface area contributed by atoms with E-state index in [2.05, 4.69) is 25.6 Å². The number of carbonyl (C=O) groups is 1. The van der Waals surface area contributed by atoms with Crippen molar-refractivity contribution < 1.29 is 4.79 Å². The van der Waals surface area contributed by atoms with Crippen LogP contribution in [0.25, 0.3) is 22.3 Å². The molecule has 0 unspecified atom stereocenters. The normalized spacial score (nSPS) is 17.5. The Labute approximate surface area is 139 Å². The van der Waals surface area contributed by atoms with E-state index < -0.39 is 0 Å². The molecule has 2 aromatic heterocycles. The van der Waals surface area contributed by atoms with Crippen LogP contribution in [0.5, 0.6) is 0 Å². The fourth-order valence-corrected chi connectivity index (χ4v) is 2.89. The quantitative estimate of drug-likeness (QED) is 0.775. The average Bonchev–Trinajstić information content (AvgIpc) is 2.64. The molecule has 1 aliphatic rings. The number of rotatable bonds is 3. The Morgan fingerprint density at radius 1 is 1.08 bits per heavy atom. The summed E-state index contributed by atoms with van der Waals surface area (Å²) < 4.78 is 0. The van der Waals surface area contributed by atoms with Crippen molar-refractivity contribution in [1.82, 2.24) is 20.3 Å². The number of carbonyl (C=O) groups excluding carboxylic acids is 1. The highest BCUT2D eigenvalue weighted by Crippen LogP contribution is 2.25. The van der Waals surface area contributed by atoms with Crippen LogP contribution >= 0.6 is 0 Å². The first-order valence-electron chi connectivity index (χ1n) is 8.03. The maximum atomic E-state index is 12.1. The lowest BCUT2D eigenvalue weighted by Gasteiger charge is -2.24. The van der Waals surface area contributed by atoms with Crippen LogP contribution in [0.15, 0.2) is 48.8 Å². The molecule has 0 spiro atoms. The first-order chi connectivity index (χ1) is 11.8. The first-order valence-corrected chi connectivity index (χ1v) is 8.03. The van der Waals surface area contributed by atoms with Gasteiger partial charge in [0.2, 0.25) is 5.91 Å². The van der Waals surface area contributed by atoms with Crippen LogP contribution in [0.3, 0.4) is 0 Å². The molecule has 1 aliphatic heterocycles. The van der Waals surface area contributed by atoms with Gasteiger partial charge < -0.3 is 10.6 Å². The molecule has 0 saturated carbocycles. The molecule has 24 heavy (non-hydrogen) atoms. The monoisotopic (exact) mass is 319 g/mol. The molecule has 3 heterocycles. The number of nitrogens with one attached hydrogen (secondary N) is 2. The number of pyridine rings is 1. The fraction of sp³-hybridized carbons (Fsp3) is 0.222. The lowest BCUT2D eigenvalue weighted by atomic mass is 10.1. The summed E-state index contributed by atoms with van der Waals surface area (Å²) in [5, 5.41) is 7.11. The number of hydrogen-bond donors (Lipinski definition) is 2. The van der Waals surface area contributed by atoms with Gasteiger partial charge in [-0.2, -0.15) is 0 Å². The molecule has 6 nitrogen and oxygen atoms in total. The first kappa shape index (κ1) is 14.6. The highest BCUT2D eigenvalue weighted by Gasteiger charge is 2.23. The molecular weight excluding hydrogens is 302 g/mol. The van der Waals surface area contributed by atoms with Gasteiger partial charge in [0.1, 0.15) is 11.9 Å². The van der Waals surface area contributed by atoms with Gasteiger partial charge in [0, 0.05) is 29.9 Å². The fourth-order valence-electron chi connectivity index (χ4n) is 2.89. The summed E-state index contributed by atoms with van der Waals surface area (Å²) in [6, 6.07) is 11.3. The SMILES string of the molecule is O=C1NCCC[C@@H]1Nc1nc(-c2ccncc2)nc2ccccc12. The van der Waals surface area contributed by atoms with Gasteiger partial charge in [-0.3, -0.25) is 9.78 Å². The van der Waals surface area contributed by atoms with Crippen molar-refractivity contribution >= 4 is 22.6 Å². The number of hydrogen-bond acceptors (Lipinski definition) is 5. The van der Waals surface area contributed by atoms with Gasteiger partial charge in [0.15, 0.2) is 5.82 Å². The van der Waals surface area contributed by atoms with Gasteiger partial charge in [-0.25, -0.2) is 9.97 Å². The third-order valence-electron chi connectivity index (χ3n) is 4.14. The summed E-state index contributed by atoms with van der Waals surface area (Å²) in [6.45, 7) is 0.740. The standard InChI is InChI=1S/C18H17N5O/c24-18-15(6-3-9-20-18)22-17-13-4-1-2-5-14(13)21-16(23-17)12-7-10-19-11-8-12/h1-2,4-5,7-8,10-11,15H,3,6,9H2,(H,20,24)(H,21,22,23)/t15-/m0/s1. The number of piperidine rings is 1. The Bertz CT molecular complexity index is 881. The summed E-state index contributed by atoms with van der Waals surface area (Å²) in [6.07, 6.45) is 5.20. The third kappa shape index (κ3) is 2.78. The molecule has 1 atom stereocenters. The van der Waals surface area contributed by atoms with Crippen LogP contribution in [-0.4, -0.2) is 33.4 Å². The van der Waals surface area contributed by atoms with Crippen molar-refractivity contribution in [3.05, 3.63) is 48.8 Å². The molecule has 0 bridgehead atoms. The molecule has 2 N–H and O–H groups in total. The molecule has 4 rings (SSSR count). The Balaban J connectivity index is 1.79. The zero-order valence-corrected chi connectivity index (χ0v) is 13.1. The van der Waals surface area contributed by atoms with Crippen molar-refractivity contribution in [2.75, 3.05) is 11.9 Å². The van der Waals surface area contributed by atoms with Crippen molar-refractivity contribution in [1.29, 1.82) is 0 Å². The Hall–Kier alpha value is -3.02. The maximum absolute atomic E-state index is 12.1. The van der Waals surface area contributed by atoms with Crippen LogP contribution in [0, 0.1) is 0 Å². The highest BCUT2D eigenvalue weighted by molar-refractivity contribution is 5.93. The van der Waals surface area contributed by atoms with Gasteiger partial charge >= 0.3 is 0 Å². The van der Waals surface area contributed by atoms with E-state index in [9.17, 15) is 4.79 Å². The minimum Gasteiger partial charge on any atom is -0.358 e. The number of nitrogens with zero attached hydrogens (tertiary/aromatic N) is 3. The predicted octanol–water partition coefficient (Wildman–Crippen LogP) is 2.38. The molecular formula is C18H17N5O. The predicted molar refractivity (Wildman–Crippen MR) is 92.4 cm³/mol. The zero-order valence-electron chi connectivity index (χ0n) is 13.1. The molecule has 1 fully saturated rings. The Kier molecular flexibility index (Phi) is 3.78. The van der Waals surface area contributed by atoms with Crippen LogP contribution in [0.1, 0.15) is 12.8 Å². The Morgan fingerprint density at radius 2 is 1.92 bits per heavy atom. The number of aromatic nitrogens is 3. The Morgan fingerprint density at radius 3 is 2.75 bits per heavy atom. The van der Waals surface area contributed by atoms with Crippen LogP contribution in [0.2, 0.25) is 0 Å². The molecule has 6 heteroatoms. The summed E-state index contributed by atoms with van der Waals surface area (Å²) in [5.74, 6) is 1.33. The van der Waals surface area contributed by atoms with E-state index in [4.69, 9.17) is 0 Å². The van der Waals surface area contributed by atoms with E-state index >= 15 is 0 Å². The molecule has 1 saturated heterocycles. The van der Waals surface area contributed by atoms with Crippen molar-refractivity contribution in [3.63, 3.8) is 0 Å². The molecule has 0 aliphatic carbocycles. The van der Waals surface area contributed by atoms with E-state index in [0.717, 1.165) is 35.9 Å². The lowest BCUT2D eigenvalue weighted by molar-refractivity contribution is -0.123. The van der Waals surface area contributed by atoms with Gasteiger partial charge in [0.05, 0.1) is 5.52 Å². The summed E-state index contributed by atoms with van der Waals surface area (Å²) in [5.41, 5.74) is 1.74. The topological polar surface area (TPSA) is 79.8 Å². The summed E-state index contributed by atoms with van der Waals surface area (Å²) >= 11 is 0. The maximum Gasteiger partial charge on any atom is 0.242 e. The van der Waals surface area contributed by atoms with E-state index in [0.29, 0.717) is 11.6 Å². The second-order valence-electron chi connectivity index (χ2n) is 5.78. The van der Waals surface area contributed by atoms with Crippen LogP contribution in [-0.2, 0) is 4.79 Å². The van der Waals surface area contributed by atoms with E-state index in [1.165, 1.54) is 0 Å². The molecule has 1 amide bonds. The largest absolute Gasteiger partial charge is 0.358 e. The smallest absolute Gasteiger partial charge is 0.242 e. The third-order valence-corrected chi connectivity index (χ3v) is 4.14. The minimum absolute atomic E-state index is 0.0226. The van der Waals surface area contributed by atoms with Crippen LogP contribution < -0.4 is 10.6 Å². The highest BCUT2D eigenvalue weighted by atomic mass is 16.2. The molecule has 0 radical (unpaired) electrons. The van der Waals surface area contributed by atoms with E-state index in [-0.39, 0.29) is 11.9 Å². The molecule has 120 valence electrons. The minimum atomic E-state index is -0.262. The number of amides is 1. The van der Waals surface area contributed by atoms with E-state index in [1.54, 1.807) is 12.4 Å². The number of fused-ring (bicyclic) bond motifs is 1. The number of anilines is 1. The molecule has 1 aromatic carbocycles.